The largest absolute Gasteiger partial charge is 0.507 e. The fraction of sp³-hybridized carbons (Fsp3) is 0.0556. The minimum absolute atomic E-state index is 0.0365. The Bertz CT molecular complexity index is 1340. The van der Waals surface area contributed by atoms with E-state index < -0.39 is 16.3 Å². The molecule has 2 aromatic rings. The van der Waals surface area contributed by atoms with Gasteiger partial charge in [-0.25, -0.2) is 0 Å². The summed E-state index contributed by atoms with van der Waals surface area (Å²) in [4.78, 5) is 38.0. The van der Waals surface area contributed by atoms with Gasteiger partial charge in [0, 0.05) is 21.4 Å². The number of hydrogen-bond donors (Lipinski definition) is 2. The number of phenols is 2. The Morgan fingerprint density at radius 2 is 1.43 bits per heavy atom. The predicted molar refractivity (Wildman–Crippen MR) is 86.0 cm³/mol. The molecule has 112 valence electrons. The van der Waals surface area contributed by atoms with Crippen molar-refractivity contribution < 1.29 is 10.2 Å². The highest BCUT2D eigenvalue weighted by Gasteiger charge is 2.20. The minimum Gasteiger partial charge on any atom is -0.507 e. The Hall–Kier alpha value is -3.21. The van der Waals surface area contributed by atoms with Crippen LogP contribution in [0, 0.1) is 17.4 Å². The van der Waals surface area contributed by atoms with Crippen molar-refractivity contribution in [1.29, 1.82) is 0 Å². The number of rotatable bonds is 0. The summed E-state index contributed by atoms with van der Waals surface area (Å²) in [6.07, 6.45) is 0. The zero-order valence-electron chi connectivity index (χ0n) is 12.0. The maximum absolute atomic E-state index is 12.8. The maximum atomic E-state index is 12.8. The molecule has 0 heterocycles. The molecule has 0 radical (unpaired) electrons. The number of phenolic OH excluding ortho intramolecular Hbond substituents is 2. The van der Waals surface area contributed by atoms with Crippen LogP contribution in [0.25, 0.3) is 21.5 Å². The van der Waals surface area contributed by atoms with Crippen LogP contribution in [0.4, 0.5) is 0 Å². The number of fused-ring (bicyclic) bond motifs is 3. The highest BCUT2D eigenvalue weighted by molar-refractivity contribution is 5.95. The average molecular weight is 306 g/mol. The van der Waals surface area contributed by atoms with Crippen molar-refractivity contribution in [3.05, 3.63) is 77.0 Å². The monoisotopic (exact) mass is 306 g/mol. The van der Waals surface area contributed by atoms with Crippen molar-refractivity contribution in [1.82, 2.24) is 0 Å². The summed E-state index contributed by atoms with van der Waals surface area (Å²) in [6.45, 7) is 1.70. The summed E-state index contributed by atoms with van der Waals surface area (Å²) in [6, 6.07) is 7.16. The van der Waals surface area contributed by atoms with Crippen LogP contribution >= 0.6 is 0 Å². The Balaban J connectivity index is 2.57. The van der Waals surface area contributed by atoms with Gasteiger partial charge in [0.1, 0.15) is 11.5 Å². The van der Waals surface area contributed by atoms with E-state index in [1.165, 1.54) is 24.3 Å². The summed E-state index contributed by atoms with van der Waals surface area (Å²) in [5.41, 5.74) is -1.18. The van der Waals surface area contributed by atoms with Gasteiger partial charge in [0.05, 0.1) is 10.6 Å². The van der Waals surface area contributed by atoms with E-state index in [2.05, 4.69) is 0 Å². The van der Waals surface area contributed by atoms with E-state index in [0.29, 0.717) is 5.56 Å². The van der Waals surface area contributed by atoms with Gasteiger partial charge in [-0.05, 0) is 30.7 Å². The molecule has 5 heteroatoms. The molecule has 0 aliphatic heterocycles. The molecule has 0 spiro atoms. The van der Waals surface area contributed by atoms with Gasteiger partial charge >= 0.3 is 0 Å². The molecule has 4 rings (SSSR count). The first-order valence-electron chi connectivity index (χ1n) is 6.96. The van der Waals surface area contributed by atoms with Gasteiger partial charge in [0.15, 0.2) is 10.9 Å². The molecular weight excluding hydrogens is 296 g/mol. The van der Waals surface area contributed by atoms with Crippen molar-refractivity contribution in [2.45, 2.75) is 6.92 Å². The van der Waals surface area contributed by atoms with Crippen LogP contribution in [0.5, 0.6) is 11.5 Å². The highest BCUT2D eigenvalue weighted by atomic mass is 16.3. The van der Waals surface area contributed by atoms with Crippen molar-refractivity contribution in [3.63, 3.8) is 0 Å². The van der Waals surface area contributed by atoms with E-state index in [1.54, 1.807) is 13.0 Å². The van der Waals surface area contributed by atoms with Gasteiger partial charge in [-0.15, -0.1) is 0 Å². The van der Waals surface area contributed by atoms with Gasteiger partial charge in [-0.1, -0.05) is 12.1 Å². The first-order chi connectivity index (χ1) is 10.9. The SMILES string of the molecule is Cc1cc(O)c2c3c(=O)c4cccc(O)c4c(=O)c=3c(=O)c2c1. The molecule has 0 unspecified atom stereocenters. The third-order valence-corrected chi connectivity index (χ3v) is 4.20. The van der Waals surface area contributed by atoms with Crippen LogP contribution in [-0.4, -0.2) is 10.2 Å². The zero-order chi connectivity index (χ0) is 16.5. The topological polar surface area (TPSA) is 91.7 Å². The molecule has 0 fully saturated rings. The lowest BCUT2D eigenvalue weighted by Gasteiger charge is -2.00. The van der Waals surface area contributed by atoms with Crippen molar-refractivity contribution in [3.8, 4) is 11.5 Å². The van der Waals surface area contributed by atoms with Crippen LogP contribution in [0.1, 0.15) is 5.56 Å². The summed E-state index contributed by atoms with van der Waals surface area (Å²) >= 11 is 0. The highest BCUT2D eigenvalue weighted by Crippen LogP contribution is 2.27. The van der Waals surface area contributed by atoms with Crippen LogP contribution in [0.15, 0.2) is 44.7 Å². The molecule has 0 saturated heterocycles. The Labute approximate surface area is 128 Å². The summed E-state index contributed by atoms with van der Waals surface area (Å²) < 4.78 is 0. The molecule has 5 nitrogen and oxygen atoms in total. The molecule has 2 N–H and O–H groups in total. The molecule has 23 heavy (non-hydrogen) atoms. The molecule has 0 amide bonds. The second-order valence-electron chi connectivity index (χ2n) is 5.64. The van der Waals surface area contributed by atoms with Crippen molar-refractivity contribution in [2.24, 2.45) is 0 Å². The van der Waals surface area contributed by atoms with Crippen molar-refractivity contribution in [2.75, 3.05) is 0 Å². The molecule has 2 aromatic carbocycles. The number of aromatic hydroxyl groups is 2. The van der Waals surface area contributed by atoms with Crippen molar-refractivity contribution >= 4 is 21.5 Å². The predicted octanol–water partition coefficient (Wildman–Crippen LogP) is 1.39. The lowest BCUT2D eigenvalue weighted by Crippen LogP contribution is -2.18. The fourth-order valence-corrected chi connectivity index (χ4v) is 3.25. The molecular formula is C18H10O5. The summed E-state index contributed by atoms with van der Waals surface area (Å²) in [5.74, 6) is -0.542. The van der Waals surface area contributed by atoms with E-state index in [9.17, 15) is 24.6 Å². The summed E-state index contributed by atoms with van der Waals surface area (Å²) in [7, 11) is 0. The van der Waals surface area contributed by atoms with Gasteiger partial charge < -0.3 is 10.2 Å². The minimum atomic E-state index is -0.689. The first kappa shape index (κ1) is 13.5. The van der Waals surface area contributed by atoms with Crippen LogP contribution < -0.4 is 16.3 Å². The van der Waals surface area contributed by atoms with E-state index >= 15 is 0 Å². The molecule has 2 aliphatic carbocycles. The number of benzene rings is 2. The zero-order valence-corrected chi connectivity index (χ0v) is 12.0. The fourth-order valence-electron chi connectivity index (χ4n) is 3.25. The second-order valence-corrected chi connectivity index (χ2v) is 5.64. The number of aryl methyl sites for hydroxylation is 1. The third kappa shape index (κ3) is 1.53. The lowest BCUT2D eigenvalue weighted by atomic mass is 10.0. The molecule has 0 saturated carbocycles. The van der Waals surface area contributed by atoms with Crippen LogP contribution in [0.3, 0.4) is 0 Å². The van der Waals surface area contributed by atoms with Gasteiger partial charge in [0.2, 0.25) is 5.43 Å². The van der Waals surface area contributed by atoms with E-state index in [1.807, 2.05) is 0 Å². The first-order valence-corrected chi connectivity index (χ1v) is 6.96. The smallest absolute Gasteiger partial charge is 0.202 e. The Morgan fingerprint density at radius 3 is 2.17 bits per heavy atom. The average Bonchev–Trinajstić information content (AvgIpc) is 2.79. The quantitative estimate of drug-likeness (QED) is 0.512. The van der Waals surface area contributed by atoms with Gasteiger partial charge in [-0.3, -0.25) is 14.4 Å². The molecule has 2 aliphatic rings. The molecule has 0 atom stereocenters. The van der Waals surface area contributed by atoms with E-state index in [4.69, 9.17) is 0 Å². The maximum Gasteiger partial charge on any atom is 0.202 e. The van der Waals surface area contributed by atoms with E-state index in [-0.39, 0.29) is 43.5 Å². The third-order valence-electron chi connectivity index (χ3n) is 4.20. The molecule has 0 bridgehead atoms. The Kier molecular flexibility index (Phi) is 2.44. The normalized spacial score (nSPS) is 11.7. The van der Waals surface area contributed by atoms with Crippen LogP contribution in [-0.2, 0) is 0 Å². The summed E-state index contributed by atoms with van der Waals surface area (Å²) in [5, 5.41) is 19.8. The second kappa shape index (κ2) is 4.16. The van der Waals surface area contributed by atoms with Crippen LogP contribution in [0.2, 0.25) is 0 Å². The molecule has 0 aromatic heterocycles. The number of hydrogen-bond acceptors (Lipinski definition) is 5. The van der Waals surface area contributed by atoms with Gasteiger partial charge in [-0.2, -0.15) is 0 Å². The van der Waals surface area contributed by atoms with Gasteiger partial charge in [0.25, 0.3) is 0 Å². The standard InChI is InChI=1S/C18H10O5/c1-7-5-9-12(11(20)6-7)14-15(17(9)22)18(23)13-8(16(14)21)3-2-4-10(13)19/h2-6,19-20H,1H3. The lowest BCUT2D eigenvalue weighted by molar-refractivity contribution is 0.481. The van der Waals surface area contributed by atoms with E-state index in [0.717, 1.165) is 0 Å². The Morgan fingerprint density at radius 1 is 0.739 bits per heavy atom.